The zero-order valence-electron chi connectivity index (χ0n) is 17.3. The molecule has 0 saturated carbocycles. The molecule has 0 bridgehead atoms. The Morgan fingerprint density at radius 1 is 1.28 bits per heavy atom. The Labute approximate surface area is 182 Å². The molecule has 0 unspecified atom stereocenters. The molecule has 0 spiro atoms. The van der Waals surface area contributed by atoms with E-state index in [9.17, 15) is 9.18 Å². The quantitative estimate of drug-likeness (QED) is 0.402. The first kappa shape index (κ1) is 21.1. The molecule has 11 heteroatoms. The van der Waals surface area contributed by atoms with Crippen LogP contribution in [-0.2, 0) is 20.2 Å². The zero-order valence-corrected chi connectivity index (χ0v) is 17.3. The second-order valence-corrected chi connectivity index (χ2v) is 6.99. The maximum atomic E-state index is 13.5. The number of rotatable bonds is 7. The zero-order chi connectivity index (χ0) is 22.7. The summed E-state index contributed by atoms with van der Waals surface area (Å²) in [5.41, 5.74) is 2.44. The summed E-state index contributed by atoms with van der Waals surface area (Å²) in [5.74, 6) is -0.114. The molecule has 0 radical (unpaired) electrons. The number of carbonyl (C=O) groups excluding carboxylic acids is 1. The van der Waals surface area contributed by atoms with Crippen molar-refractivity contribution in [1.29, 1.82) is 0 Å². The van der Waals surface area contributed by atoms with Crippen LogP contribution in [0.4, 0.5) is 16.2 Å². The molecule has 0 aliphatic heterocycles. The van der Waals surface area contributed by atoms with E-state index in [1.54, 1.807) is 30.2 Å². The molecule has 0 fully saturated rings. The molecule has 32 heavy (non-hydrogen) atoms. The molecular formula is C21H20FN7O3. The second kappa shape index (κ2) is 8.94. The number of amides is 1. The Balaban J connectivity index is 1.47. The molecule has 4 aromatic rings. The Morgan fingerprint density at radius 3 is 2.88 bits per heavy atom. The fourth-order valence-electron chi connectivity index (χ4n) is 2.98. The summed E-state index contributed by atoms with van der Waals surface area (Å²) in [6, 6.07) is 6.03. The van der Waals surface area contributed by atoms with Crippen LogP contribution in [-0.4, -0.2) is 35.7 Å². The summed E-state index contributed by atoms with van der Waals surface area (Å²) in [7, 11) is 1.79. The van der Waals surface area contributed by atoms with Crippen molar-refractivity contribution in [2.45, 2.75) is 20.1 Å². The molecule has 164 valence electrons. The van der Waals surface area contributed by atoms with Gasteiger partial charge in [0.15, 0.2) is 0 Å². The van der Waals surface area contributed by atoms with Gasteiger partial charge in [0.1, 0.15) is 29.3 Å². The van der Waals surface area contributed by atoms with Crippen LogP contribution in [0.5, 0.6) is 0 Å². The lowest BCUT2D eigenvalue weighted by Gasteiger charge is -2.07. The van der Waals surface area contributed by atoms with Crippen molar-refractivity contribution in [2.24, 2.45) is 7.05 Å². The van der Waals surface area contributed by atoms with E-state index in [4.69, 9.17) is 9.52 Å². The van der Waals surface area contributed by atoms with Crippen LogP contribution in [0.15, 0.2) is 47.3 Å². The van der Waals surface area contributed by atoms with Gasteiger partial charge in [-0.15, -0.1) is 0 Å². The standard InChI is InChI=1S/C21H20FN7O3/c1-12-8-24-21(27-17-5-6-25-29(17)2)28-18(12)16-11-32-20(26-16)19(31)23-9-13-3-4-15(22)14(7-13)10-30/h3-8,11,30H,9-10H2,1-2H3,(H,23,31)(H,24,27,28). The van der Waals surface area contributed by atoms with Gasteiger partial charge >= 0.3 is 5.91 Å². The van der Waals surface area contributed by atoms with Gasteiger partial charge in [-0.05, 0) is 30.2 Å². The molecular weight excluding hydrogens is 417 g/mol. The monoisotopic (exact) mass is 437 g/mol. The average molecular weight is 437 g/mol. The number of hydrogen-bond acceptors (Lipinski definition) is 8. The highest BCUT2D eigenvalue weighted by Crippen LogP contribution is 2.22. The molecule has 4 rings (SSSR count). The summed E-state index contributed by atoms with van der Waals surface area (Å²) < 4.78 is 20.5. The Bertz CT molecular complexity index is 1270. The molecule has 3 aromatic heterocycles. The number of anilines is 2. The number of halogens is 1. The largest absolute Gasteiger partial charge is 0.440 e. The Hall–Kier alpha value is -4.12. The first-order valence-electron chi connectivity index (χ1n) is 9.65. The third kappa shape index (κ3) is 4.47. The van der Waals surface area contributed by atoms with Gasteiger partial charge in [-0.3, -0.25) is 9.48 Å². The summed E-state index contributed by atoms with van der Waals surface area (Å²) in [4.78, 5) is 25.4. The van der Waals surface area contributed by atoms with Gasteiger partial charge in [0.2, 0.25) is 5.95 Å². The van der Waals surface area contributed by atoms with Crippen LogP contribution in [0.1, 0.15) is 27.4 Å². The van der Waals surface area contributed by atoms with Gasteiger partial charge in [0, 0.05) is 31.4 Å². The highest BCUT2D eigenvalue weighted by molar-refractivity contribution is 5.90. The molecule has 0 saturated heterocycles. The molecule has 1 amide bonds. The molecule has 0 aliphatic rings. The van der Waals surface area contributed by atoms with Crippen molar-refractivity contribution >= 4 is 17.7 Å². The van der Waals surface area contributed by atoms with Crippen molar-refractivity contribution in [3.8, 4) is 11.4 Å². The number of nitrogens with one attached hydrogen (secondary N) is 2. The topological polar surface area (TPSA) is 131 Å². The molecule has 0 aliphatic carbocycles. The normalized spacial score (nSPS) is 10.9. The van der Waals surface area contributed by atoms with Gasteiger partial charge in [-0.25, -0.2) is 19.3 Å². The number of aliphatic hydroxyl groups excluding tert-OH is 1. The minimum atomic E-state index is -0.536. The number of oxazole rings is 1. The SMILES string of the molecule is Cc1cnc(Nc2ccnn2C)nc1-c1coc(C(=O)NCc2ccc(F)c(CO)c2)n1. The van der Waals surface area contributed by atoms with Crippen LogP contribution in [0.3, 0.4) is 0 Å². The van der Waals surface area contributed by atoms with Crippen molar-refractivity contribution < 1.29 is 18.7 Å². The molecule has 10 nitrogen and oxygen atoms in total. The lowest BCUT2D eigenvalue weighted by Crippen LogP contribution is -2.23. The molecule has 3 heterocycles. The van der Waals surface area contributed by atoms with Gasteiger partial charge in [-0.1, -0.05) is 6.07 Å². The van der Waals surface area contributed by atoms with E-state index >= 15 is 0 Å². The summed E-state index contributed by atoms with van der Waals surface area (Å²) in [6.45, 7) is 1.52. The Kier molecular flexibility index (Phi) is 5.90. The van der Waals surface area contributed by atoms with E-state index in [0.717, 1.165) is 5.56 Å². The van der Waals surface area contributed by atoms with Crippen LogP contribution < -0.4 is 10.6 Å². The van der Waals surface area contributed by atoms with Crippen molar-refractivity contribution in [3.63, 3.8) is 0 Å². The summed E-state index contributed by atoms with van der Waals surface area (Å²) in [5, 5.41) is 19.0. The van der Waals surface area contributed by atoms with Gasteiger partial charge in [0.05, 0.1) is 12.8 Å². The first-order chi connectivity index (χ1) is 15.4. The third-order valence-electron chi connectivity index (χ3n) is 4.71. The highest BCUT2D eigenvalue weighted by Gasteiger charge is 2.17. The number of nitrogens with zero attached hydrogens (tertiary/aromatic N) is 5. The molecule has 3 N–H and O–H groups in total. The van der Waals surface area contributed by atoms with E-state index in [2.05, 4.69) is 30.7 Å². The maximum Gasteiger partial charge on any atom is 0.307 e. The Morgan fingerprint density at radius 2 is 2.12 bits per heavy atom. The first-order valence-corrected chi connectivity index (χ1v) is 9.65. The van der Waals surface area contributed by atoms with Crippen molar-refractivity contribution in [3.05, 3.63) is 71.3 Å². The average Bonchev–Trinajstić information content (AvgIpc) is 3.44. The predicted molar refractivity (Wildman–Crippen MR) is 112 cm³/mol. The molecule has 0 atom stereocenters. The fraction of sp³-hybridized carbons (Fsp3) is 0.190. The number of aliphatic hydroxyl groups is 1. The van der Waals surface area contributed by atoms with E-state index in [1.165, 1.54) is 24.5 Å². The van der Waals surface area contributed by atoms with E-state index in [-0.39, 0.29) is 18.0 Å². The van der Waals surface area contributed by atoms with Crippen LogP contribution >= 0.6 is 0 Å². The summed E-state index contributed by atoms with van der Waals surface area (Å²) in [6.07, 6.45) is 4.64. The molecule has 1 aromatic carbocycles. The summed E-state index contributed by atoms with van der Waals surface area (Å²) >= 11 is 0. The van der Waals surface area contributed by atoms with E-state index in [1.807, 2.05) is 6.92 Å². The van der Waals surface area contributed by atoms with Gasteiger partial charge in [-0.2, -0.15) is 5.10 Å². The third-order valence-corrected chi connectivity index (χ3v) is 4.71. The predicted octanol–water partition coefficient (Wildman–Crippen LogP) is 2.48. The number of carbonyl (C=O) groups is 1. The fourth-order valence-corrected chi connectivity index (χ4v) is 2.98. The number of benzene rings is 1. The van der Waals surface area contributed by atoms with Crippen molar-refractivity contribution in [2.75, 3.05) is 5.32 Å². The lowest BCUT2D eigenvalue weighted by molar-refractivity contribution is 0.0916. The lowest BCUT2D eigenvalue weighted by atomic mass is 10.1. The number of aryl methyl sites for hydroxylation is 2. The highest BCUT2D eigenvalue weighted by atomic mass is 19.1. The van der Waals surface area contributed by atoms with Gasteiger partial charge in [0.25, 0.3) is 5.89 Å². The van der Waals surface area contributed by atoms with E-state index in [0.29, 0.717) is 28.7 Å². The number of aromatic nitrogens is 5. The second-order valence-electron chi connectivity index (χ2n) is 6.99. The maximum absolute atomic E-state index is 13.5. The minimum absolute atomic E-state index is 0.120. The van der Waals surface area contributed by atoms with Crippen LogP contribution in [0.25, 0.3) is 11.4 Å². The smallest absolute Gasteiger partial charge is 0.307 e. The minimum Gasteiger partial charge on any atom is -0.440 e. The van der Waals surface area contributed by atoms with Gasteiger partial charge < -0.3 is 20.2 Å². The van der Waals surface area contributed by atoms with Crippen LogP contribution in [0.2, 0.25) is 0 Å². The van der Waals surface area contributed by atoms with E-state index < -0.39 is 18.3 Å². The van der Waals surface area contributed by atoms with Crippen LogP contribution in [0, 0.1) is 12.7 Å². The van der Waals surface area contributed by atoms with Crippen molar-refractivity contribution in [1.82, 2.24) is 30.0 Å². The number of hydrogen-bond donors (Lipinski definition) is 3.